The molecule has 2 rings (SSSR count). The van der Waals surface area contributed by atoms with Gasteiger partial charge in [0, 0.05) is 25.7 Å². The predicted molar refractivity (Wildman–Crippen MR) is 72.4 cm³/mol. The van der Waals surface area contributed by atoms with Crippen molar-refractivity contribution in [3.8, 4) is 6.07 Å². The number of rotatable bonds is 2. The van der Waals surface area contributed by atoms with Crippen LogP contribution >= 0.6 is 0 Å². The third-order valence-corrected chi connectivity index (χ3v) is 5.47. The Bertz CT molecular complexity index is 710. The van der Waals surface area contributed by atoms with E-state index in [0.717, 1.165) is 12.1 Å². The molecular weight excluding hydrogens is 319 g/mol. The van der Waals surface area contributed by atoms with E-state index in [0.29, 0.717) is 19.2 Å². The van der Waals surface area contributed by atoms with E-state index in [2.05, 4.69) is 5.32 Å². The van der Waals surface area contributed by atoms with Crippen LogP contribution in [0.15, 0.2) is 23.1 Å². The smallest absolute Gasteiger partial charge is 0.314 e. The molecule has 0 amide bonds. The molecule has 0 radical (unpaired) electrons. The molecule has 1 aliphatic heterocycles. The normalized spacial score (nSPS) is 20.6. The van der Waals surface area contributed by atoms with E-state index in [1.54, 1.807) is 6.92 Å². The molecule has 9 heteroatoms. The highest BCUT2D eigenvalue weighted by atomic mass is 32.2. The maximum absolute atomic E-state index is 12.8. The third-order valence-electron chi connectivity index (χ3n) is 3.46. The van der Waals surface area contributed by atoms with E-state index in [4.69, 9.17) is 5.26 Å². The van der Waals surface area contributed by atoms with Gasteiger partial charge in [0.25, 0.3) is 0 Å². The molecule has 1 fully saturated rings. The lowest BCUT2D eigenvalue weighted by Gasteiger charge is -2.32. The van der Waals surface area contributed by atoms with Crippen molar-refractivity contribution in [3.63, 3.8) is 0 Å². The Morgan fingerprint density at radius 3 is 2.64 bits per heavy atom. The van der Waals surface area contributed by atoms with Crippen LogP contribution in [-0.2, 0) is 16.2 Å². The van der Waals surface area contributed by atoms with Crippen molar-refractivity contribution < 1.29 is 21.6 Å². The number of hydrogen-bond acceptors (Lipinski definition) is 4. The number of piperazine rings is 1. The van der Waals surface area contributed by atoms with Gasteiger partial charge >= 0.3 is 6.18 Å². The lowest BCUT2D eigenvalue weighted by Crippen LogP contribution is -2.52. The summed E-state index contributed by atoms with van der Waals surface area (Å²) in [7, 11) is -3.93. The largest absolute Gasteiger partial charge is 0.417 e. The molecule has 1 aliphatic rings. The van der Waals surface area contributed by atoms with Gasteiger partial charge in [-0.15, -0.1) is 0 Å². The van der Waals surface area contributed by atoms with Crippen molar-refractivity contribution in [2.45, 2.75) is 24.0 Å². The van der Waals surface area contributed by atoms with E-state index in [1.807, 2.05) is 0 Å². The van der Waals surface area contributed by atoms with Crippen LogP contribution in [0.1, 0.15) is 18.1 Å². The van der Waals surface area contributed by atoms with Gasteiger partial charge in [-0.05, 0) is 25.1 Å². The molecule has 1 atom stereocenters. The fourth-order valence-corrected chi connectivity index (χ4v) is 4.00. The molecule has 0 aliphatic carbocycles. The van der Waals surface area contributed by atoms with Crippen molar-refractivity contribution in [2.24, 2.45) is 0 Å². The summed E-state index contributed by atoms with van der Waals surface area (Å²) < 4.78 is 64.6. The summed E-state index contributed by atoms with van der Waals surface area (Å²) in [5, 5.41) is 11.9. The molecule has 22 heavy (non-hydrogen) atoms. The minimum absolute atomic E-state index is 0.229. The molecule has 1 heterocycles. The van der Waals surface area contributed by atoms with Crippen LogP contribution in [0.5, 0.6) is 0 Å². The van der Waals surface area contributed by atoms with Crippen molar-refractivity contribution in [1.29, 1.82) is 5.26 Å². The number of halogens is 3. The van der Waals surface area contributed by atoms with E-state index in [-0.39, 0.29) is 17.5 Å². The Morgan fingerprint density at radius 2 is 2.09 bits per heavy atom. The van der Waals surface area contributed by atoms with E-state index in [1.165, 1.54) is 10.4 Å². The summed E-state index contributed by atoms with van der Waals surface area (Å²) in [6, 6.07) is 3.42. The first-order valence-corrected chi connectivity index (χ1v) is 7.96. The quantitative estimate of drug-likeness (QED) is 0.891. The Labute approximate surface area is 126 Å². The fraction of sp³-hybridized carbons (Fsp3) is 0.462. The van der Waals surface area contributed by atoms with Crippen molar-refractivity contribution in [3.05, 3.63) is 29.3 Å². The molecule has 1 aromatic rings. The van der Waals surface area contributed by atoms with Crippen LogP contribution in [0.2, 0.25) is 0 Å². The highest BCUT2D eigenvalue weighted by molar-refractivity contribution is 7.89. The zero-order chi connectivity index (χ0) is 16.5. The van der Waals surface area contributed by atoms with Crippen LogP contribution in [0.25, 0.3) is 0 Å². The Morgan fingerprint density at radius 1 is 1.41 bits per heavy atom. The first-order chi connectivity index (χ1) is 10.2. The van der Waals surface area contributed by atoms with Gasteiger partial charge in [0.15, 0.2) is 0 Å². The van der Waals surface area contributed by atoms with Gasteiger partial charge in [-0.25, -0.2) is 8.42 Å². The zero-order valence-electron chi connectivity index (χ0n) is 11.7. The van der Waals surface area contributed by atoms with Crippen molar-refractivity contribution in [2.75, 3.05) is 19.6 Å². The molecule has 1 saturated heterocycles. The summed E-state index contributed by atoms with van der Waals surface area (Å²) in [6.07, 6.45) is -4.70. The lowest BCUT2D eigenvalue weighted by molar-refractivity contribution is -0.137. The van der Waals surface area contributed by atoms with Crippen LogP contribution in [0, 0.1) is 11.3 Å². The van der Waals surface area contributed by atoms with Gasteiger partial charge in [-0.1, -0.05) is 0 Å². The van der Waals surface area contributed by atoms with Gasteiger partial charge in [0.1, 0.15) is 0 Å². The second-order valence-electron chi connectivity index (χ2n) is 4.99. The number of nitrogens with one attached hydrogen (secondary N) is 1. The first kappa shape index (κ1) is 16.7. The molecule has 1 aromatic carbocycles. The SMILES string of the molecule is CC1CNCCN1S(=O)(=O)c1ccc(C(F)(F)F)c(C#N)c1. The number of hydrogen-bond donors (Lipinski definition) is 1. The molecule has 0 aromatic heterocycles. The van der Waals surface area contributed by atoms with E-state index >= 15 is 0 Å². The average molecular weight is 333 g/mol. The monoisotopic (exact) mass is 333 g/mol. The summed E-state index contributed by atoms with van der Waals surface area (Å²) in [6.45, 7) is 2.87. The summed E-state index contributed by atoms with van der Waals surface area (Å²) in [5.74, 6) is 0. The van der Waals surface area contributed by atoms with Crippen LogP contribution in [0.4, 0.5) is 13.2 Å². The predicted octanol–water partition coefficient (Wildman–Crippen LogP) is 1.56. The molecule has 0 spiro atoms. The number of alkyl halides is 3. The lowest BCUT2D eigenvalue weighted by atomic mass is 10.1. The van der Waals surface area contributed by atoms with Crippen LogP contribution < -0.4 is 5.32 Å². The molecule has 1 unspecified atom stereocenters. The first-order valence-electron chi connectivity index (χ1n) is 6.52. The van der Waals surface area contributed by atoms with Gasteiger partial charge < -0.3 is 5.32 Å². The Kier molecular flexibility index (Phi) is 4.47. The molecule has 5 nitrogen and oxygen atoms in total. The van der Waals surface area contributed by atoms with Gasteiger partial charge in [-0.3, -0.25) is 0 Å². The molecule has 0 bridgehead atoms. The molecule has 120 valence electrons. The summed E-state index contributed by atoms with van der Waals surface area (Å²) >= 11 is 0. The molecule has 1 N–H and O–H groups in total. The van der Waals surface area contributed by atoms with Gasteiger partial charge in [0.2, 0.25) is 10.0 Å². The van der Waals surface area contributed by atoms with Gasteiger partial charge in [-0.2, -0.15) is 22.7 Å². The second kappa shape index (κ2) is 5.87. The maximum Gasteiger partial charge on any atom is 0.417 e. The number of benzene rings is 1. The molecular formula is C13H14F3N3O2S. The third kappa shape index (κ3) is 3.09. The minimum atomic E-state index is -4.70. The number of sulfonamides is 1. The standard InChI is InChI=1S/C13H14F3N3O2S/c1-9-8-18-4-5-19(9)22(20,21)11-2-3-12(13(14,15)16)10(6-11)7-17/h2-3,6,9,18H,4-5,8H2,1H3. The van der Waals surface area contributed by atoms with E-state index in [9.17, 15) is 21.6 Å². The van der Waals surface area contributed by atoms with Crippen molar-refractivity contribution in [1.82, 2.24) is 9.62 Å². The van der Waals surface area contributed by atoms with E-state index < -0.39 is 27.3 Å². The van der Waals surface area contributed by atoms with Crippen LogP contribution in [-0.4, -0.2) is 38.4 Å². The molecule has 0 saturated carbocycles. The number of nitriles is 1. The van der Waals surface area contributed by atoms with Crippen LogP contribution in [0.3, 0.4) is 0 Å². The average Bonchev–Trinajstić information content (AvgIpc) is 2.45. The van der Waals surface area contributed by atoms with Gasteiger partial charge in [0.05, 0.1) is 22.1 Å². The van der Waals surface area contributed by atoms with Crippen molar-refractivity contribution >= 4 is 10.0 Å². The minimum Gasteiger partial charge on any atom is -0.314 e. The topological polar surface area (TPSA) is 73.2 Å². The maximum atomic E-state index is 12.8. The number of nitrogens with zero attached hydrogens (tertiary/aromatic N) is 2. The highest BCUT2D eigenvalue weighted by Crippen LogP contribution is 2.33. The Hall–Kier alpha value is -1.63. The zero-order valence-corrected chi connectivity index (χ0v) is 12.5. The Balaban J connectivity index is 2.47. The second-order valence-corrected chi connectivity index (χ2v) is 6.88. The fourth-order valence-electron chi connectivity index (χ4n) is 2.34. The summed E-state index contributed by atoms with van der Waals surface area (Å²) in [4.78, 5) is -0.300. The highest BCUT2D eigenvalue weighted by Gasteiger charge is 2.36. The summed E-state index contributed by atoms with van der Waals surface area (Å²) in [5.41, 5.74) is -1.83.